The summed E-state index contributed by atoms with van der Waals surface area (Å²) in [7, 11) is -4.29. The number of nitrogens with zero attached hydrogens (tertiary/aromatic N) is 1. The number of hydrogen-bond acceptors (Lipinski definition) is 9. The van der Waals surface area contributed by atoms with Gasteiger partial charge in [-0.3, -0.25) is 23.7 Å². The molecule has 1 saturated heterocycles. The van der Waals surface area contributed by atoms with Crippen molar-refractivity contribution in [1.82, 2.24) is 14.6 Å². The molecule has 1 fully saturated rings. The average molecular weight is 570 g/mol. The molecule has 1 aromatic heterocycles. The molecule has 0 spiro atoms. The quantitative estimate of drug-likeness (QED) is 0.210. The van der Waals surface area contributed by atoms with Gasteiger partial charge in [0.25, 0.3) is 5.56 Å². The van der Waals surface area contributed by atoms with Gasteiger partial charge in [-0.1, -0.05) is 24.3 Å². The predicted molar refractivity (Wildman–Crippen MR) is 139 cm³/mol. The van der Waals surface area contributed by atoms with E-state index in [4.69, 9.17) is 23.3 Å². The summed E-state index contributed by atoms with van der Waals surface area (Å²) in [4.78, 5) is 38.3. The monoisotopic (exact) mass is 569 g/mol. The lowest BCUT2D eigenvalue weighted by Crippen LogP contribution is -2.45. The predicted octanol–water partition coefficient (Wildman–Crippen LogP) is 2.87. The summed E-state index contributed by atoms with van der Waals surface area (Å²) >= 11 is 0. The molecule has 1 unspecified atom stereocenters. The Bertz CT molecular complexity index is 1300. The van der Waals surface area contributed by atoms with Gasteiger partial charge in [0.2, 0.25) is 0 Å². The van der Waals surface area contributed by atoms with Crippen molar-refractivity contribution in [3.8, 4) is 5.75 Å². The number of aromatic amines is 1. The maximum Gasteiger partial charge on any atom is 0.459 e. The molecule has 0 radical (unpaired) electrons. The van der Waals surface area contributed by atoms with Gasteiger partial charge in [-0.2, -0.15) is 5.09 Å². The molecule has 39 heavy (non-hydrogen) atoms. The standard InChI is InChI=1S/C25H33FN3O9P/c1-6-14-34-21-19(37-23(25(21,5)26)29-13-12-20(30)27-24(29)32)15-35-39(33,38-18-10-8-7-9-11-18)28-17(4)22(31)36-16(2)3/h6-13,16-17,19,21,23H,1,14-15H2,2-5H3,(H,28,33)(H,27,30,32)/t17-,19+,21+,23+,25+,39?/m0/s1. The van der Waals surface area contributed by atoms with Gasteiger partial charge in [-0.25, -0.2) is 13.8 Å². The lowest BCUT2D eigenvalue weighted by atomic mass is 9.98. The molecule has 14 heteroatoms. The van der Waals surface area contributed by atoms with Crippen molar-refractivity contribution in [3.05, 3.63) is 76.1 Å². The Morgan fingerprint density at radius 3 is 2.59 bits per heavy atom. The highest BCUT2D eigenvalue weighted by Gasteiger charge is 2.57. The Hall–Kier alpha value is -3.09. The molecule has 12 nitrogen and oxygen atoms in total. The van der Waals surface area contributed by atoms with Crippen molar-refractivity contribution in [2.24, 2.45) is 0 Å². The molecule has 2 N–H and O–H groups in total. The average Bonchev–Trinajstić information content (AvgIpc) is 3.10. The molecule has 1 aromatic carbocycles. The highest BCUT2D eigenvalue weighted by Crippen LogP contribution is 2.48. The van der Waals surface area contributed by atoms with Crippen molar-refractivity contribution < 1.29 is 37.0 Å². The fourth-order valence-electron chi connectivity index (χ4n) is 3.90. The molecule has 3 rings (SSSR count). The number of para-hydroxylation sites is 1. The molecule has 0 aliphatic carbocycles. The number of ether oxygens (including phenoxy) is 3. The van der Waals surface area contributed by atoms with Gasteiger partial charge in [-0.05, 0) is 39.8 Å². The number of nitrogens with one attached hydrogen (secondary N) is 2. The number of hydrogen-bond donors (Lipinski definition) is 2. The largest absolute Gasteiger partial charge is 0.462 e. The number of H-pyrrole nitrogens is 1. The number of carbonyl (C=O) groups is 1. The van der Waals surface area contributed by atoms with Crippen LogP contribution in [0.4, 0.5) is 4.39 Å². The minimum atomic E-state index is -4.29. The minimum absolute atomic E-state index is 0.0637. The summed E-state index contributed by atoms with van der Waals surface area (Å²) in [5.74, 6) is -0.513. The first-order valence-electron chi connectivity index (χ1n) is 12.2. The van der Waals surface area contributed by atoms with E-state index in [-0.39, 0.29) is 12.4 Å². The molecule has 2 heterocycles. The maximum absolute atomic E-state index is 16.1. The third-order valence-electron chi connectivity index (χ3n) is 5.61. The van der Waals surface area contributed by atoms with Gasteiger partial charge in [0.15, 0.2) is 11.9 Å². The first-order valence-corrected chi connectivity index (χ1v) is 13.8. The summed E-state index contributed by atoms with van der Waals surface area (Å²) in [6.07, 6.45) is -1.94. The fraction of sp³-hybridized carbons (Fsp3) is 0.480. The SMILES string of the molecule is C=CCO[C@@H]1[C@@H](COP(=O)(N[C@@H](C)C(=O)OC(C)C)Oc2ccccc2)O[C@@H](n2ccc(=O)[nH]c2=O)[C@]1(C)F. The van der Waals surface area contributed by atoms with Gasteiger partial charge in [-0.15, -0.1) is 6.58 Å². The molecule has 0 amide bonds. The zero-order chi connectivity index (χ0) is 28.8. The Morgan fingerprint density at radius 1 is 1.28 bits per heavy atom. The van der Waals surface area contributed by atoms with Crippen LogP contribution in [-0.2, 0) is 28.1 Å². The molecular weight excluding hydrogens is 536 g/mol. The summed E-state index contributed by atoms with van der Waals surface area (Å²) in [6.45, 7) is 8.90. The summed E-state index contributed by atoms with van der Waals surface area (Å²) in [5.41, 5.74) is -3.85. The maximum atomic E-state index is 16.1. The minimum Gasteiger partial charge on any atom is -0.462 e. The number of rotatable bonds is 13. The van der Waals surface area contributed by atoms with E-state index in [2.05, 4.69) is 16.7 Å². The second-order valence-electron chi connectivity index (χ2n) is 9.27. The molecule has 0 saturated carbocycles. The van der Waals surface area contributed by atoms with Crippen LogP contribution in [0.5, 0.6) is 5.75 Å². The molecule has 1 aliphatic rings. The second kappa shape index (κ2) is 12.8. The number of halogens is 1. The van der Waals surface area contributed by atoms with Crippen LogP contribution in [0.25, 0.3) is 0 Å². The Morgan fingerprint density at radius 2 is 1.97 bits per heavy atom. The van der Waals surface area contributed by atoms with Crippen molar-refractivity contribution in [1.29, 1.82) is 0 Å². The number of esters is 1. The third kappa shape index (κ3) is 7.74. The Labute approximate surface area is 224 Å². The van der Waals surface area contributed by atoms with Crippen molar-refractivity contribution >= 4 is 13.7 Å². The smallest absolute Gasteiger partial charge is 0.459 e. The van der Waals surface area contributed by atoms with Gasteiger partial charge >= 0.3 is 19.4 Å². The van der Waals surface area contributed by atoms with Gasteiger partial charge in [0, 0.05) is 12.3 Å². The second-order valence-corrected chi connectivity index (χ2v) is 11.0. The van der Waals surface area contributed by atoms with E-state index in [0.717, 1.165) is 16.8 Å². The molecule has 214 valence electrons. The zero-order valence-corrected chi connectivity index (χ0v) is 23.0. The lowest BCUT2D eigenvalue weighted by molar-refractivity contribution is -0.149. The lowest BCUT2D eigenvalue weighted by Gasteiger charge is -2.28. The van der Waals surface area contributed by atoms with E-state index >= 15 is 4.39 Å². The van der Waals surface area contributed by atoms with Crippen LogP contribution in [0.1, 0.15) is 33.9 Å². The third-order valence-corrected chi connectivity index (χ3v) is 7.26. The van der Waals surface area contributed by atoms with E-state index in [1.807, 2.05) is 0 Å². The highest BCUT2D eigenvalue weighted by atomic mass is 31.2. The summed E-state index contributed by atoms with van der Waals surface area (Å²) < 4.78 is 58.7. The van der Waals surface area contributed by atoms with Crippen LogP contribution in [0, 0.1) is 0 Å². The number of benzene rings is 1. The summed E-state index contributed by atoms with van der Waals surface area (Å²) in [6, 6.07) is 8.05. The molecular formula is C25H33FN3O9P. The Balaban J connectivity index is 1.87. The number of carbonyl (C=O) groups excluding carboxylic acids is 1. The van der Waals surface area contributed by atoms with E-state index in [9.17, 15) is 18.9 Å². The van der Waals surface area contributed by atoms with Gasteiger partial charge < -0.3 is 18.7 Å². The van der Waals surface area contributed by atoms with Crippen LogP contribution in [0.2, 0.25) is 0 Å². The molecule has 1 aliphatic heterocycles. The van der Waals surface area contributed by atoms with Crippen LogP contribution in [-0.4, -0.2) is 58.8 Å². The van der Waals surface area contributed by atoms with Gasteiger partial charge in [0.1, 0.15) is 24.0 Å². The molecule has 6 atom stereocenters. The van der Waals surface area contributed by atoms with E-state index in [1.54, 1.807) is 32.0 Å². The fourth-order valence-corrected chi connectivity index (χ4v) is 5.40. The van der Waals surface area contributed by atoms with E-state index in [0.29, 0.717) is 0 Å². The first-order chi connectivity index (χ1) is 18.4. The van der Waals surface area contributed by atoms with Crippen LogP contribution in [0.15, 0.2) is 64.8 Å². The first kappa shape index (κ1) is 30.5. The zero-order valence-electron chi connectivity index (χ0n) is 22.1. The summed E-state index contributed by atoms with van der Waals surface area (Å²) in [5, 5.41) is 2.54. The molecule has 2 aromatic rings. The molecule has 0 bridgehead atoms. The number of alkyl halides is 1. The van der Waals surface area contributed by atoms with Crippen LogP contribution >= 0.6 is 7.75 Å². The number of aromatic nitrogens is 2. The van der Waals surface area contributed by atoms with Gasteiger partial charge in [0.05, 0.1) is 19.3 Å². The van der Waals surface area contributed by atoms with Crippen LogP contribution in [0.3, 0.4) is 0 Å². The van der Waals surface area contributed by atoms with Crippen molar-refractivity contribution in [2.45, 2.75) is 63.9 Å². The Kier molecular flexibility index (Phi) is 10.0. The highest BCUT2D eigenvalue weighted by molar-refractivity contribution is 7.52. The van der Waals surface area contributed by atoms with Crippen molar-refractivity contribution in [2.75, 3.05) is 13.2 Å². The van der Waals surface area contributed by atoms with Crippen molar-refractivity contribution in [3.63, 3.8) is 0 Å². The van der Waals surface area contributed by atoms with E-state index < -0.39 is 67.8 Å². The normalized spacial score (nSPS) is 25.1. The van der Waals surface area contributed by atoms with Crippen LogP contribution < -0.4 is 20.9 Å². The van der Waals surface area contributed by atoms with E-state index in [1.165, 1.54) is 32.1 Å². The topological polar surface area (TPSA) is 147 Å².